The van der Waals surface area contributed by atoms with Crippen LogP contribution in [-0.2, 0) is 76.8 Å². The molecular weight excluding hydrogens is 1430 g/mol. The number of amides is 12. The number of aromatic amines is 2. The Morgan fingerprint density at radius 1 is 0.622 bits per heavy atom. The van der Waals surface area contributed by atoms with Crippen LogP contribution in [0.2, 0.25) is 0 Å². The third kappa shape index (κ3) is 27.8. The van der Waals surface area contributed by atoms with Crippen LogP contribution >= 0.6 is 0 Å². The van der Waals surface area contributed by atoms with Gasteiger partial charge in [-0.1, -0.05) is 78.3 Å². The van der Waals surface area contributed by atoms with Crippen molar-refractivity contribution in [1.82, 2.24) is 78.3 Å². The largest absolute Gasteiger partial charge is 0.508 e. The van der Waals surface area contributed by atoms with Gasteiger partial charge in [-0.2, -0.15) is 0 Å². The zero-order chi connectivity index (χ0) is 81.6. The highest BCUT2D eigenvalue weighted by molar-refractivity contribution is 6.03. The number of benzene rings is 3. The first-order valence-electron chi connectivity index (χ1n) is 37.5. The standard InChI is InChI=1S/C76H111N21O14/c1-10-44(6)66(87-46(8)99)74(110)89-57(18-13-14-26-77)75(111)97-30-28-96(29-31-97)50-22-25-54(81-9)53(36-50)67(103)85-40-64(102)88-56(19-15-27-83-76(79)80)68(104)93-61(35-49-39-82-41-86-49)71(107)91-59(33-47-20-23-51(100)24-21-47)70(106)90-58(32-42(2)3)69(105)94-62(37-63(78)101)72(108)92-60(73(109)95-65(43(4)5)45(7)98)34-48-38-84-55-17-12-11-16-52(48)55/h11-12,16-17,20-25,36,38-39,41-44,56-62,65-66,81,84,100H,10,13-15,18-19,26-35,37,40,77H2,1-9H3,(H2,78,101)(H,82,86)(H,85,103)(H,87,99)(H,88,102)(H,89,110)(H,90,106)(H,91,107)(H,92,108)(H,93,104)(H,94,105)(H,95,109)(H4,79,80,83)/t44-,56-,57-,58-,59-,60-,61-,62-,65-,66-/m0/s1. The number of imidazole rings is 1. The maximum atomic E-state index is 15.0. The molecule has 35 nitrogen and oxygen atoms in total. The molecule has 35 heteroatoms. The lowest BCUT2D eigenvalue weighted by molar-refractivity contribution is -0.138. The van der Waals surface area contributed by atoms with Crippen LogP contribution in [0.15, 0.2) is 85.5 Å². The third-order valence-corrected chi connectivity index (χ3v) is 19.1. The van der Waals surface area contributed by atoms with E-state index < -0.39 is 126 Å². The predicted molar refractivity (Wildman–Crippen MR) is 417 cm³/mol. The van der Waals surface area contributed by atoms with Gasteiger partial charge in [0.1, 0.15) is 54.1 Å². The molecule has 1 aliphatic heterocycles. The number of hydrogen-bond donors (Lipinski definition) is 19. The van der Waals surface area contributed by atoms with E-state index in [-0.39, 0.29) is 116 Å². The molecule has 604 valence electrons. The maximum absolute atomic E-state index is 15.0. The second-order valence-corrected chi connectivity index (χ2v) is 28.6. The van der Waals surface area contributed by atoms with E-state index in [0.29, 0.717) is 67.8 Å². The Morgan fingerprint density at radius 3 is 1.81 bits per heavy atom. The number of hydrogen-bond acceptors (Lipinski definition) is 19. The molecule has 0 bridgehead atoms. The monoisotopic (exact) mass is 1540 g/mol. The number of carbonyl (C=O) groups excluding carboxylic acids is 13. The van der Waals surface area contributed by atoms with Crippen molar-refractivity contribution in [3.8, 4) is 5.75 Å². The summed E-state index contributed by atoms with van der Waals surface area (Å²) >= 11 is 0. The SMILES string of the molecule is CC[C@H](C)[C@H](NC(C)=O)C(=O)N[C@@H](CCCCN)C(=O)N1CCN(c2ccc(NC)c(C(=O)NCC(=O)N[C@@H](CCCNC(=N)N)C(=O)N[C@@H](Cc3c[nH]cn3)C(=O)N[C@@H](Cc3ccc(O)cc3)C(=O)N[C@@H](CC(C)C)C(=O)N[C@@H](CC(N)=O)C(=O)N[C@@H](Cc3c[nH]c4ccccc34)C(=O)N[C@H](C(C)=O)C(C)C)c2)CC1. The van der Waals surface area contributed by atoms with Gasteiger partial charge >= 0.3 is 0 Å². The van der Waals surface area contributed by atoms with E-state index in [4.69, 9.17) is 22.6 Å². The first kappa shape index (κ1) is 88.3. The van der Waals surface area contributed by atoms with Crippen molar-refractivity contribution in [2.75, 3.05) is 63.1 Å². The molecule has 3 heterocycles. The Kier molecular flexibility index (Phi) is 34.6. The molecule has 1 saturated heterocycles. The van der Waals surface area contributed by atoms with Crippen molar-refractivity contribution >= 4 is 105 Å². The fraction of sp³-hybridized carbons (Fsp3) is 0.513. The van der Waals surface area contributed by atoms with Crippen LogP contribution in [0.3, 0.4) is 0 Å². The summed E-state index contributed by atoms with van der Waals surface area (Å²) in [6.07, 6.45) is 5.12. The van der Waals surface area contributed by atoms with Crippen LogP contribution < -0.4 is 85.9 Å². The van der Waals surface area contributed by atoms with Gasteiger partial charge in [-0.05, 0) is 117 Å². The number of guanidine groups is 1. The molecule has 0 saturated carbocycles. The highest BCUT2D eigenvalue weighted by Crippen LogP contribution is 2.26. The molecule has 3 aromatic carbocycles. The number of rotatable bonds is 44. The molecule has 0 radical (unpaired) electrons. The summed E-state index contributed by atoms with van der Waals surface area (Å²) in [7, 11) is 1.61. The Bertz CT molecular complexity index is 4030. The Labute approximate surface area is 645 Å². The molecular formula is C76H111N21O14. The summed E-state index contributed by atoms with van der Waals surface area (Å²) in [5.74, 6) is -10.8. The smallest absolute Gasteiger partial charge is 0.253 e. The number of aromatic hydroxyl groups is 1. The van der Waals surface area contributed by atoms with Crippen LogP contribution in [0.4, 0.5) is 11.4 Å². The molecule has 0 aliphatic carbocycles. The molecule has 10 atom stereocenters. The van der Waals surface area contributed by atoms with Gasteiger partial charge < -0.3 is 106 Å². The summed E-state index contributed by atoms with van der Waals surface area (Å²) < 4.78 is 0. The number of phenolic OH excluding ortho intramolecular Hbond substituents is 1. The number of Topliss-reactive ketones (excluding diaryl/α,β-unsaturated/α-hetero) is 1. The van der Waals surface area contributed by atoms with Crippen LogP contribution in [-0.4, -0.2) is 215 Å². The molecule has 111 heavy (non-hydrogen) atoms. The van der Waals surface area contributed by atoms with Gasteiger partial charge in [-0.25, -0.2) is 4.98 Å². The third-order valence-electron chi connectivity index (χ3n) is 19.1. The van der Waals surface area contributed by atoms with Crippen LogP contribution in [0.25, 0.3) is 10.9 Å². The fourth-order valence-electron chi connectivity index (χ4n) is 12.9. The van der Waals surface area contributed by atoms with E-state index in [9.17, 15) is 67.4 Å². The number of nitrogens with zero attached hydrogens (tertiary/aromatic N) is 3. The highest BCUT2D eigenvalue weighted by Gasteiger charge is 2.38. The van der Waals surface area contributed by atoms with Gasteiger partial charge in [-0.15, -0.1) is 0 Å². The van der Waals surface area contributed by atoms with Gasteiger partial charge in [0.2, 0.25) is 65.0 Å². The van der Waals surface area contributed by atoms with Gasteiger partial charge in [0.25, 0.3) is 5.91 Å². The summed E-state index contributed by atoms with van der Waals surface area (Å²) in [5, 5.41) is 51.3. The van der Waals surface area contributed by atoms with E-state index >= 15 is 0 Å². The zero-order valence-corrected chi connectivity index (χ0v) is 64.6. The van der Waals surface area contributed by atoms with E-state index in [2.05, 4.69) is 78.8 Å². The Morgan fingerprint density at radius 2 is 1.22 bits per heavy atom. The summed E-state index contributed by atoms with van der Waals surface area (Å²) in [4.78, 5) is 195. The van der Waals surface area contributed by atoms with E-state index in [1.165, 1.54) is 50.6 Å². The highest BCUT2D eigenvalue weighted by atomic mass is 16.3. The minimum absolute atomic E-state index is 0.0715. The van der Waals surface area contributed by atoms with Gasteiger partial charge in [0.15, 0.2) is 11.7 Å². The minimum Gasteiger partial charge on any atom is -0.508 e. The number of phenols is 1. The number of anilines is 2. The van der Waals surface area contributed by atoms with E-state index in [0.717, 1.165) is 10.9 Å². The molecule has 0 unspecified atom stereocenters. The lowest BCUT2D eigenvalue weighted by atomic mass is 9.97. The number of nitrogens with one attached hydrogen (secondary N) is 15. The molecule has 5 aromatic rings. The minimum atomic E-state index is -1.72. The summed E-state index contributed by atoms with van der Waals surface area (Å²) in [5.41, 5.74) is 20.2. The molecule has 6 rings (SSSR count). The van der Waals surface area contributed by atoms with E-state index in [1.807, 2.05) is 36.9 Å². The number of fused-ring (bicyclic) bond motifs is 1. The van der Waals surface area contributed by atoms with Crippen molar-refractivity contribution < 1.29 is 67.4 Å². The molecule has 2 aromatic heterocycles. The van der Waals surface area contributed by atoms with Gasteiger partial charge in [-0.3, -0.25) is 67.7 Å². The number of piperazine rings is 1. The molecule has 12 amide bonds. The number of carbonyl (C=O) groups is 13. The van der Waals surface area contributed by atoms with Crippen LogP contribution in [0.1, 0.15) is 134 Å². The number of para-hydroxylation sites is 1. The topological polar surface area (TPSA) is 539 Å². The molecule has 1 fully saturated rings. The number of primary amides is 1. The number of aromatic nitrogens is 3. The van der Waals surface area contributed by atoms with E-state index in [1.54, 1.807) is 70.1 Å². The Hall–Kier alpha value is -11.7. The Balaban J connectivity index is 1.19. The van der Waals surface area contributed by atoms with Gasteiger partial charge in [0.05, 0.1) is 36.6 Å². The lowest BCUT2D eigenvalue weighted by Crippen LogP contribution is -2.61. The zero-order valence-electron chi connectivity index (χ0n) is 64.6. The first-order valence-corrected chi connectivity index (χ1v) is 37.5. The number of ketones is 1. The molecule has 22 N–H and O–H groups in total. The second-order valence-electron chi connectivity index (χ2n) is 28.6. The number of unbranched alkanes of at least 4 members (excludes halogenated alkanes) is 1. The van der Waals surface area contributed by atoms with Crippen molar-refractivity contribution in [2.24, 2.45) is 35.0 Å². The first-order chi connectivity index (χ1) is 52.8. The number of nitrogens with two attached hydrogens (primary N) is 3. The lowest BCUT2D eigenvalue weighted by Gasteiger charge is -2.38. The molecule has 0 spiro atoms. The molecule has 1 aliphatic rings. The van der Waals surface area contributed by atoms with Crippen molar-refractivity contribution in [3.63, 3.8) is 0 Å². The van der Waals surface area contributed by atoms with Gasteiger partial charge in [0, 0.05) is 101 Å². The fourth-order valence-corrected chi connectivity index (χ4v) is 12.9. The van der Waals surface area contributed by atoms with Crippen LogP contribution in [0.5, 0.6) is 5.75 Å². The average molecular weight is 1540 g/mol. The maximum Gasteiger partial charge on any atom is 0.253 e. The van der Waals surface area contributed by atoms with Crippen LogP contribution in [0, 0.1) is 23.2 Å². The summed E-state index contributed by atoms with van der Waals surface area (Å²) in [6, 6.07) is 6.30. The van der Waals surface area contributed by atoms with Crippen molar-refractivity contribution in [1.29, 1.82) is 5.41 Å². The quantitative estimate of drug-likeness (QED) is 0.0136. The average Bonchev–Trinajstić information content (AvgIpc) is 1.58. The number of H-pyrrole nitrogens is 2. The van der Waals surface area contributed by atoms with Crippen molar-refractivity contribution in [3.05, 3.63) is 108 Å². The predicted octanol–water partition coefficient (Wildman–Crippen LogP) is -0.267. The second kappa shape index (κ2) is 43.5. The summed E-state index contributed by atoms with van der Waals surface area (Å²) in [6.45, 7) is 14.4. The normalized spacial score (nSPS) is 14.8. The van der Waals surface area contributed by atoms with Crippen molar-refractivity contribution in [2.45, 2.75) is 180 Å².